The molecule has 0 aliphatic carbocycles. The molecular formula is C20H17ClF2N2O2S2. The number of aromatic nitrogens is 1. The maximum absolute atomic E-state index is 13.5. The number of anilines is 1. The molecule has 1 aliphatic heterocycles. The zero-order valence-electron chi connectivity index (χ0n) is 15.2. The van der Waals surface area contributed by atoms with E-state index in [9.17, 15) is 17.2 Å². The normalized spacial score (nSPS) is 15.6. The minimum absolute atomic E-state index is 0.248. The van der Waals surface area contributed by atoms with Crippen molar-refractivity contribution in [2.75, 3.05) is 18.0 Å². The topological polar surface area (TPSA) is 50.3 Å². The monoisotopic (exact) mass is 454 g/mol. The third-order valence-corrected chi connectivity index (χ3v) is 8.38. The van der Waals surface area contributed by atoms with E-state index < -0.39 is 26.7 Å². The molecule has 0 amide bonds. The highest BCUT2D eigenvalue weighted by Crippen LogP contribution is 2.32. The number of piperidine rings is 1. The summed E-state index contributed by atoms with van der Waals surface area (Å²) in [4.78, 5) is 6.79. The van der Waals surface area contributed by atoms with Crippen molar-refractivity contribution in [1.82, 2.24) is 4.98 Å². The van der Waals surface area contributed by atoms with E-state index >= 15 is 0 Å². The van der Waals surface area contributed by atoms with E-state index in [1.165, 1.54) is 23.5 Å². The van der Waals surface area contributed by atoms with Gasteiger partial charge in [-0.05, 0) is 49.2 Å². The van der Waals surface area contributed by atoms with Gasteiger partial charge in [-0.1, -0.05) is 17.7 Å². The molecule has 1 aliphatic rings. The van der Waals surface area contributed by atoms with Crippen LogP contribution in [0.5, 0.6) is 0 Å². The first-order chi connectivity index (χ1) is 13.8. The maximum atomic E-state index is 13.5. The quantitative estimate of drug-likeness (QED) is 0.544. The summed E-state index contributed by atoms with van der Waals surface area (Å²) in [6, 6.07) is 10.0. The van der Waals surface area contributed by atoms with Crippen LogP contribution in [-0.4, -0.2) is 31.7 Å². The molecule has 1 saturated heterocycles. The van der Waals surface area contributed by atoms with E-state index in [0.717, 1.165) is 17.3 Å². The summed E-state index contributed by atoms with van der Waals surface area (Å²) in [6.07, 6.45) is 0.962. The number of hydrogen-bond acceptors (Lipinski definition) is 5. The standard InChI is InChI=1S/C20H17ClF2N2O2S2/c21-14-2-1-3-16(11-14)29(26,27)15-6-8-25(9-7-15)20-24-19(12-28-20)13-4-5-17(22)18(23)10-13/h1-5,10-12,15H,6-9H2. The molecule has 0 radical (unpaired) electrons. The van der Waals surface area contributed by atoms with Gasteiger partial charge in [0.2, 0.25) is 0 Å². The smallest absolute Gasteiger partial charge is 0.185 e. The summed E-state index contributed by atoms with van der Waals surface area (Å²) in [7, 11) is -3.44. The summed E-state index contributed by atoms with van der Waals surface area (Å²) < 4.78 is 52.4. The molecule has 0 bridgehead atoms. The van der Waals surface area contributed by atoms with Crippen molar-refractivity contribution in [2.45, 2.75) is 23.0 Å². The fourth-order valence-electron chi connectivity index (χ4n) is 3.39. The maximum Gasteiger partial charge on any atom is 0.185 e. The summed E-state index contributed by atoms with van der Waals surface area (Å²) >= 11 is 7.34. The number of sulfone groups is 1. The molecular weight excluding hydrogens is 438 g/mol. The second-order valence-corrected chi connectivity index (χ2v) is 10.3. The molecule has 1 aromatic heterocycles. The minimum atomic E-state index is -3.44. The number of nitrogens with zero attached hydrogens (tertiary/aromatic N) is 2. The van der Waals surface area contributed by atoms with Crippen LogP contribution in [0.3, 0.4) is 0 Å². The van der Waals surface area contributed by atoms with Crippen molar-refractivity contribution in [3.8, 4) is 11.3 Å². The van der Waals surface area contributed by atoms with E-state index in [2.05, 4.69) is 4.98 Å². The molecule has 4 nitrogen and oxygen atoms in total. The zero-order chi connectivity index (χ0) is 20.6. The average Bonchev–Trinajstić information content (AvgIpc) is 3.20. The van der Waals surface area contributed by atoms with Gasteiger partial charge < -0.3 is 4.90 Å². The van der Waals surface area contributed by atoms with Gasteiger partial charge in [0.25, 0.3) is 0 Å². The Morgan fingerprint density at radius 1 is 1.07 bits per heavy atom. The van der Waals surface area contributed by atoms with Crippen LogP contribution in [0.4, 0.5) is 13.9 Å². The first kappa shape index (κ1) is 20.3. The van der Waals surface area contributed by atoms with Crippen molar-refractivity contribution in [3.05, 3.63) is 64.5 Å². The molecule has 0 atom stereocenters. The molecule has 0 saturated carbocycles. The highest BCUT2D eigenvalue weighted by atomic mass is 35.5. The Morgan fingerprint density at radius 3 is 2.52 bits per heavy atom. The number of thiazole rings is 1. The van der Waals surface area contributed by atoms with Gasteiger partial charge in [0.05, 0.1) is 15.8 Å². The highest BCUT2D eigenvalue weighted by molar-refractivity contribution is 7.92. The average molecular weight is 455 g/mol. The van der Waals surface area contributed by atoms with Gasteiger partial charge >= 0.3 is 0 Å². The molecule has 29 heavy (non-hydrogen) atoms. The van der Waals surface area contributed by atoms with Crippen LogP contribution in [0.25, 0.3) is 11.3 Å². The van der Waals surface area contributed by atoms with Gasteiger partial charge in [0.1, 0.15) is 0 Å². The van der Waals surface area contributed by atoms with Gasteiger partial charge in [0, 0.05) is 29.1 Å². The Labute approximate surface area is 176 Å². The largest absolute Gasteiger partial charge is 0.348 e. The predicted octanol–water partition coefficient (Wildman–Crippen LogP) is 5.18. The first-order valence-electron chi connectivity index (χ1n) is 9.00. The highest BCUT2D eigenvalue weighted by Gasteiger charge is 2.32. The number of rotatable bonds is 4. The van der Waals surface area contributed by atoms with E-state index in [-0.39, 0.29) is 4.90 Å². The summed E-state index contributed by atoms with van der Waals surface area (Å²) in [5.41, 5.74) is 1.07. The van der Waals surface area contributed by atoms with Crippen molar-refractivity contribution in [1.29, 1.82) is 0 Å². The molecule has 4 rings (SSSR count). The molecule has 9 heteroatoms. The van der Waals surface area contributed by atoms with Gasteiger partial charge in [0.15, 0.2) is 26.6 Å². The zero-order valence-corrected chi connectivity index (χ0v) is 17.6. The van der Waals surface area contributed by atoms with Crippen LogP contribution in [-0.2, 0) is 9.84 Å². The van der Waals surface area contributed by atoms with Gasteiger partial charge in [-0.3, -0.25) is 0 Å². The van der Waals surface area contributed by atoms with E-state index in [4.69, 9.17) is 11.6 Å². The number of hydrogen-bond donors (Lipinski definition) is 0. The minimum Gasteiger partial charge on any atom is -0.348 e. The SMILES string of the molecule is O=S(=O)(c1cccc(Cl)c1)C1CCN(c2nc(-c3ccc(F)c(F)c3)cs2)CC1. The fourth-order valence-corrected chi connectivity index (χ4v) is 6.31. The van der Waals surface area contributed by atoms with Gasteiger partial charge in [-0.25, -0.2) is 22.2 Å². The Kier molecular flexibility index (Phi) is 5.59. The fraction of sp³-hybridized carbons (Fsp3) is 0.250. The lowest BCUT2D eigenvalue weighted by atomic mass is 10.1. The number of halogens is 3. The van der Waals surface area contributed by atoms with Crippen LogP contribution >= 0.6 is 22.9 Å². The molecule has 3 aromatic rings. The van der Waals surface area contributed by atoms with Crippen LogP contribution in [0, 0.1) is 11.6 Å². The van der Waals surface area contributed by atoms with Crippen LogP contribution in [0.2, 0.25) is 5.02 Å². The summed E-state index contributed by atoms with van der Waals surface area (Å²) in [5, 5.41) is 2.46. The van der Waals surface area contributed by atoms with Crippen LogP contribution in [0.1, 0.15) is 12.8 Å². The van der Waals surface area contributed by atoms with Crippen LogP contribution in [0.15, 0.2) is 52.7 Å². The third-order valence-electron chi connectivity index (χ3n) is 4.98. The lowest BCUT2D eigenvalue weighted by Crippen LogP contribution is -2.39. The molecule has 2 heterocycles. The van der Waals surface area contributed by atoms with Crippen LogP contribution < -0.4 is 4.90 Å². The molecule has 0 unspecified atom stereocenters. The Morgan fingerprint density at radius 2 is 1.83 bits per heavy atom. The number of benzene rings is 2. The summed E-state index contributed by atoms with van der Waals surface area (Å²) in [5.74, 6) is -1.81. The third kappa shape index (κ3) is 4.15. The van der Waals surface area contributed by atoms with E-state index in [0.29, 0.717) is 42.2 Å². The second kappa shape index (κ2) is 8.01. The first-order valence-corrected chi connectivity index (χ1v) is 11.8. The summed E-state index contributed by atoms with van der Waals surface area (Å²) in [6.45, 7) is 1.10. The molecule has 1 fully saturated rings. The Bertz CT molecular complexity index is 1140. The predicted molar refractivity (Wildman–Crippen MR) is 111 cm³/mol. The van der Waals surface area contributed by atoms with Gasteiger partial charge in [-0.2, -0.15) is 0 Å². The van der Waals surface area contributed by atoms with Crippen molar-refractivity contribution in [3.63, 3.8) is 0 Å². The molecule has 2 aromatic carbocycles. The lowest BCUT2D eigenvalue weighted by Gasteiger charge is -2.31. The van der Waals surface area contributed by atoms with Crippen molar-refractivity contribution >= 4 is 37.9 Å². The molecule has 0 spiro atoms. The Balaban J connectivity index is 1.46. The van der Waals surface area contributed by atoms with Crippen molar-refractivity contribution in [2.24, 2.45) is 0 Å². The van der Waals surface area contributed by atoms with Gasteiger partial charge in [-0.15, -0.1) is 11.3 Å². The molecule has 0 N–H and O–H groups in total. The van der Waals surface area contributed by atoms with E-state index in [1.807, 2.05) is 4.90 Å². The van der Waals surface area contributed by atoms with Crippen molar-refractivity contribution < 1.29 is 17.2 Å². The van der Waals surface area contributed by atoms with E-state index in [1.54, 1.807) is 23.6 Å². The second-order valence-electron chi connectivity index (χ2n) is 6.83. The molecule has 152 valence electrons. The lowest BCUT2D eigenvalue weighted by molar-refractivity contribution is 0.509. The Hall–Kier alpha value is -2.03.